The highest BCUT2D eigenvalue weighted by Gasteiger charge is 1.94. The molecule has 0 bridgehead atoms. The summed E-state index contributed by atoms with van der Waals surface area (Å²) in [6.07, 6.45) is 0. The van der Waals surface area contributed by atoms with E-state index < -0.39 is 0 Å². The molecular formula is C24H52O12. The molecule has 0 atom stereocenters. The van der Waals surface area contributed by atoms with Crippen molar-refractivity contribution in [3.63, 3.8) is 0 Å². The summed E-state index contributed by atoms with van der Waals surface area (Å²) >= 11 is 0. The van der Waals surface area contributed by atoms with Crippen LogP contribution in [0.2, 0.25) is 0 Å². The molecule has 36 heavy (non-hydrogen) atoms. The molecule has 12 heteroatoms. The van der Waals surface area contributed by atoms with E-state index in [2.05, 4.69) is 0 Å². The molecule has 0 fully saturated rings. The Kier molecular flexibility index (Phi) is 40.9. The summed E-state index contributed by atoms with van der Waals surface area (Å²) in [6.45, 7) is 11.8. The smallest absolute Gasteiger partial charge is 0.0701 e. The Morgan fingerprint density at radius 1 is 0.194 bits per heavy atom. The molecule has 0 spiro atoms. The van der Waals surface area contributed by atoms with Crippen LogP contribution in [0, 0.1) is 0 Å². The van der Waals surface area contributed by atoms with Gasteiger partial charge in [0.05, 0.1) is 132 Å². The monoisotopic (exact) mass is 532 g/mol. The van der Waals surface area contributed by atoms with Crippen LogP contribution in [0.5, 0.6) is 0 Å². The van der Waals surface area contributed by atoms with Gasteiger partial charge in [0.15, 0.2) is 0 Å². The lowest BCUT2D eigenvalue weighted by molar-refractivity contribution is -0.0174. The molecule has 0 aliphatic heterocycles. The van der Waals surface area contributed by atoms with Crippen molar-refractivity contribution in [1.29, 1.82) is 0 Å². The number of hydrogen-bond acceptors (Lipinski definition) is 12. The van der Waals surface area contributed by atoms with E-state index in [0.29, 0.717) is 132 Å². The van der Waals surface area contributed by atoms with Crippen molar-refractivity contribution in [2.24, 2.45) is 0 Å². The van der Waals surface area contributed by atoms with E-state index in [4.69, 9.17) is 56.8 Å². The first-order chi connectivity index (χ1) is 17.8. The molecule has 0 saturated carbocycles. The molecule has 0 aromatic carbocycles. The largest absolute Gasteiger partial charge is 0.382 e. The average Bonchev–Trinajstić information content (AvgIpc) is 2.89. The predicted molar refractivity (Wildman–Crippen MR) is 134 cm³/mol. The van der Waals surface area contributed by atoms with Crippen LogP contribution < -0.4 is 0 Å². The first-order valence-corrected chi connectivity index (χ1v) is 12.4. The molecule has 0 heterocycles. The molecule has 0 N–H and O–H groups in total. The van der Waals surface area contributed by atoms with Crippen molar-refractivity contribution in [3.05, 3.63) is 0 Å². The van der Waals surface area contributed by atoms with Crippen molar-refractivity contribution in [2.45, 2.75) is 0 Å². The maximum Gasteiger partial charge on any atom is 0.0701 e. The maximum absolute atomic E-state index is 5.35. The summed E-state index contributed by atoms with van der Waals surface area (Å²) in [5.74, 6) is 0. The molecule has 0 radical (unpaired) electrons. The van der Waals surface area contributed by atoms with Gasteiger partial charge in [0.2, 0.25) is 0 Å². The lowest BCUT2D eigenvalue weighted by atomic mass is 10.7. The summed E-state index contributed by atoms with van der Waals surface area (Å²) < 4.78 is 61.6. The highest BCUT2D eigenvalue weighted by Crippen LogP contribution is 1.85. The van der Waals surface area contributed by atoms with E-state index in [9.17, 15) is 0 Å². The molecule has 0 aliphatic carbocycles. The summed E-state index contributed by atoms with van der Waals surface area (Å²) in [7, 11) is 6.60. The van der Waals surface area contributed by atoms with Crippen molar-refractivity contribution >= 4 is 0 Å². The van der Waals surface area contributed by atoms with E-state index in [1.165, 1.54) is 0 Å². The zero-order valence-corrected chi connectivity index (χ0v) is 23.0. The zero-order valence-electron chi connectivity index (χ0n) is 23.0. The third-order valence-corrected chi connectivity index (χ3v) is 3.96. The van der Waals surface area contributed by atoms with Crippen LogP contribution >= 0.6 is 0 Å². The zero-order chi connectivity index (χ0) is 26.6. The van der Waals surface area contributed by atoms with Crippen LogP contribution in [-0.4, -0.2) is 161 Å². The van der Waals surface area contributed by atoms with E-state index in [-0.39, 0.29) is 0 Å². The highest BCUT2D eigenvalue weighted by molar-refractivity contribution is 4.37. The molecule has 0 rings (SSSR count). The second-order valence-corrected chi connectivity index (χ2v) is 6.87. The molecule has 0 saturated heterocycles. The molecule has 0 aromatic heterocycles. The Morgan fingerprint density at radius 3 is 0.417 bits per heavy atom. The normalized spacial score (nSPS) is 11.0. The standard InChI is InChI=1S/C14H30O7.C10H22O5/c1-15-3-5-17-7-9-19-11-13-21-14-12-20-10-8-18-6-4-16-2;1-11-3-5-13-7-9-15-10-8-14-6-4-12-2/h3-14H2,1-2H3;3-10H2,1-2H3. The molecule has 220 valence electrons. The van der Waals surface area contributed by atoms with Crippen LogP contribution in [0.4, 0.5) is 0 Å². The van der Waals surface area contributed by atoms with Gasteiger partial charge in [-0.2, -0.15) is 0 Å². The lowest BCUT2D eigenvalue weighted by Crippen LogP contribution is -2.14. The molecular weight excluding hydrogens is 480 g/mol. The van der Waals surface area contributed by atoms with Gasteiger partial charge in [-0.15, -0.1) is 0 Å². The minimum Gasteiger partial charge on any atom is -0.382 e. The summed E-state index contributed by atoms with van der Waals surface area (Å²) in [5, 5.41) is 0. The third-order valence-electron chi connectivity index (χ3n) is 3.96. The minimum atomic E-state index is 0.561. The van der Waals surface area contributed by atoms with Crippen molar-refractivity contribution < 1.29 is 56.8 Å². The van der Waals surface area contributed by atoms with Gasteiger partial charge in [-0.3, -0.25) is 0 Å². The third kappa shape index (κ3) is 40.7. The Bertz CT molecular complexity index is 323. The number of rotatable bonds is 30. The fourth-order valence-electron chi connectivity index (χ4n) is 2.09. The lowest BCUT2D eigenvalue weighted by Gasteiger charge is -2.07. The van der Waals surface area contributed by atoms with Crippen molar-refractivity contribution in [2.75, 3.05) is 161 Å². The second kappa shape index (κ2) is 39.0. The summed E-state index contributed by atoms with van der Waals surface area (Å²) in [4.78, 5) is 0. The van der Waals surface area contributed by atoms with Crippen LogP contribution in [-0.2, 0) is 56.8 Å². The Labute approximate surface area is 218 Å². The summed E-state index contributed by atoms with van der Waals surface area (Å²) in [5.41, 5.74) is 0. The van der Waals surface area contributed by atoms with E-state index in [0.717, 1.165) is 0 Å². The van der Waals surface area contributed by atoms with Gasteiger partial charge in [0.25, 0.3) is 0 Å². The Balaban J connectivity index is 0. The molecule has 0 unspecified atom stereocenters. The minimum absolute atomic E-state index is 0.561. The van der Waals surface area contributed by atoms with E-state index in [1.807, 2.05) is 0 Å². The predicted octanol–water partition coefficient (Wildman–Crippen LogP) is 0.691. The topological polar surface area (TPSA) is 111 Å². The fraction of sp³-hybridized carbons (Fsp3) is 1.00. The van der Waals surface area contributed by atoms with Crippen LogP contribution in [0.3, 0.4) is 0 Å². The Hall–Kier alpha value is -0.480. The van der Waals surface area contributed by atoms with E-state index >= 15 is 0 Å². The highest BCUT2D eigenvalue weighted by atomic mass is 16.6. The number of hydrogen-bond donors (Lipinski definition) is 0. The van der Waals surface area contributed by atoms with Gasteiger partial charge in [-0.25, -0.2) is 0 Å². The van der Waals surface area contributed by atoms with Crippen molar-refractivity contribution in [1.82, 2.24) is 0 Å². The Morgan fingerprint density at radius 2 is 0.306 bits per heavy atom. The molecule has 12 nitrogen and oxygen atoms in total. The van der Waals surface area contributed by atoms with Gasteiger partial charge in [0.1, 0.15) is 0 Å². The van der Waals surface area contributed by atoms with Crippen molar-refractivity contribution in [3.8, 4) is 0 Å². The molecule has 0 aliphatic rings. The first-order valence-electron chi connectivity index (χ1n) is 12.4. The maximum atomic E-state index is 5.35. The SMILES string of the molecule is COCCOCCOCCOCCOC.COCCOCCOCCOCCOCCOCCOC. The molecule has 0 amide bonds. The van der Waals surface area contributed by atoms with Crippen LogP contribution in [0.25, 0.3) is 0 Å². The van der Waals surface area contributed by atoms with Crippen LogP contribution in [0.15, 0.2) is 0 Å². The second-order valence-electron chi connectivity index (χ2n) is 6.87. The summed E-state index contributed by atoms with van der Waals surface area (Å²) in [6, 6.07) is 0. The van der Waals surface area contributed by atoms with Gasteiger partial charge >= 0.3 is 0 Å². The number of methoxy groups -OCH3 is 4. The fourth-order valence-corrected chi connectivity index (χ4v) is 2.09. The van der Waals surface area contributed by atoms with Crippen LogP contribution in [0.1, 0.15) is 0 Å². The first kappa shape index (κ1) is 37.7. The molecule has 0 aromatic rings. The number of ether oxygens (including phenoxy) is 12. The van der Waals surface area contributed by atoms with Gasteiger partial charge in [-0.05, 0) is 0 Å². The average molecular weight is 533 g/mol. The quantitative estimate of drug-likeness (QED) is 0.121. The van der Waals surface area contributed by atoms with Gasteiger partial charge in [0, 0.05) is 28.4 Å². The van der Waals surface area contributed by atoms with E-state index in [1.54, 1.807) is 28.4 Å². The van der Waals surface area contributed by atoms with Gasteiger partial charge in [-0.1, -0.05) is 0 Å². The van der Waals surface area contributed by atoms with Gasteiger partial charge < -0.3 is 56.8 Å².